The number of nitrogens with zero attached hydrogens (tertiary/aromatic N) is 2. The molecule has 0 spiro atoms. The summed E-state index contributed by atoms with van der Waals surface area (Å²) >= 11 is 0. The SMILES string of the molecule is CC.CC.CN(Cc1nccc2occc12)S(C)(=O)=O. The monoisotopic (exact) mass is 300 g/mol. The van der Waals surface area contributed by atoms with Crippen molar-refractivity contribution in [3.63, 3.8) is 0 Å². The molecule has 0 aromatic carbocycles. The van der Waals surface area contributed by atoms with E-state index in [1.165, 1.54) is 17.6 Å². The molecule has 0 fully saturated rings. The van der Waals surface area contributed by atoms with Crippen LogP contribution in [0.2, 0.25) is 0 Å². The Morgan fingerprint density at radius 1 is 1.20 bits per heavy atom. The summed E-state index contributed by atoms with van der Waals surface area (Å²) in [5.74, 6) is 0. The van der Waals surface area contributed by atoms with Gasteiger partial charge in [0.2, 0.25) is 10.0 Å². The third-order valence-electron chi connectivity index (χ3n) is 2.40. The highest BCUT2D eigenvalue weighted by Gasteiger charge is 2.14. The smallest absolute Gasteiger partial charge is 0.211 e. The zero-order valence-electron chi connectivity index (χ0n) is 13.0. The standard InChI is InChI=1S/C10H12N2O3S.2C2H6/c1-12(16(2,13)14)7-9-8-4-6-15-10(8)3-5-11-9;2*1-2/h3-6H,7H2,1-2H3;2*1-2H3. The lowest BCUT2D eigenvalue weighted by atomic mass is 10.2. The van der Waals surface area contributed by atoms with E-state index >= 15 is 0 Å². The second-order valence-electron chi connectivity index (χ2n) is 3.61. The largest absolute Gasteiger partial charge is 0.464 e. The zero-order chi connectivity index (χ0) is 15.8. The molecule has 0 aliphatic rings. The van der Waals surface area contributed by atoms with E-state index in [9.17, 15) is 8.42 Å². The van der Waals surface area contributed by atoms with Crippen molar-refractivity contribution in [1.82, 2.24) is 9.29 Å². The Bertz CT molecular complexity index is 606. The van der Waals surface area contributed by atoms with Crippen LogP contribution in [0, 0.1) is 0 Å². The van der Waals surface area contributed by atoms with Gasteiger partial charge in [-0.3, -0.25) is 4.98 Å². The van der Waals surface area contributed by atoms with Crippen LogP contribution in [0.1, 0.15) is 33.4 Å². The van der Waals surface area contributed by atoms with Crippen LogP contribution in [-0.2, 0) is 16.6 Å². The molecule has 0 N–H and O–H groups in total. The van der Waals surface area contributed by atoms with Gasteiger partial charge in [0.25, 0.3) is 0 Å². The fourth-order valence-corrected chi connectivity index (χ4v) is 1.76. The Labute approximate surface area is 121 Å². The van der Waals surface area contributed by atoms with Crippen LogP contribution in [0.15, 0.2) is 29.0 Å². The van der Waals surface area contributed by atoms with Gasteiger partial charge in [0.1, 0.15) is 5.58 Å². The summed E-state index contributed by atoms with van der Waals surface area (Å²) in [7, 11) is -1.67. The van der Waals surface area contributed by atoms with Crippen molar-refractivity contribution >= 4 is 21.0 Å². The summed E-state index contributed by atoms with van der Waals surface area (Å²) in [6.45, 7) is 8.25. The van der Waals surface area contributed by atoms with Crippen molar-refractivity contribution in [3.8, 4) is 0 Å². The van der Waals surface area contributed by atoms with E-state index in [1.54, 1.807) is 24.6 Å². The summed E-state index contributed by atoms with van der Waals surface area (Å²) in [5, 5.41) is 0.845. The molecule has 0 saturated heterocycles. The van der Waals surface area contributed by atoms with Gasteiger partial charge in [-0.05, 0) is 12.1 Å². The minimum atomic E-state index is -3.19. The number of aromatic nitrogens is 1. The molecule has 20 heavy (non-hydrogen) atoms. The molecular formula is C14H24N2O3S. The van der Waals surface area contributed by atoms with Crippen molar-refractivity contribution in [2.24, 2.45) is 0 Å². The molecule has 2 aromatic heterocycles. The number of hydrogen-bond acceptors (Lipinski definition) is 4. The molecule has 0 unspecified atom stereocenters. The van der Waals surface area contributed by atoms with Gasteiger partial charge in [-0.1, -0.05) is 27.7 Å². The fourth-order valence-electron chi connectivity index (χ4n) is 1.41. The Hall–Kier alpha value is -1.40. The van der Waals surface area contributed by atoms with Gasteiger partial charge in [0.15, 0.2) is 0 Å². The first-order valence-corrected chi connectivity index (χ1v) is 8.56. The molecule has 0 bridgehead atoms. The van der Waals surface area contributed by atoms with Crippen molar-refractivity contribution in [2.45, 2.75) is 34.2 Å². The Morgan fingerprint density at radius 2 is 1.80 bits per heavy atom. The second kappa shape index (κ2) is 8.71. The van der Waals surface area contributed by atoms with Crippen LogP contribution in [0.4, 0.5) is 0 Å². The molecule has 6 heteroatoms. The van der Waals surface area contributed by atoms with Crippen LogP contribution in [0.3, 0.4) is 0 Å². The first-order chi connectivity index (χ1) is 9.48. The lowest BCUT2D eigenvalue weighted by Crippen LogP contribution is -2.25. The van der Waals surface area contributed by atoms with E-state index in [0.717, 1.165) is 5.39 Å². The average molecular weight is 300 g/mol. The summed E-state index contributed by atoms with van der Waals surface area (Å²) in [4.78, 5) is 4.17. The number of pyridine rings is 1. The van der Waals surface area contributed by atoms with Crippen LogP contribution in [-0.4, -0.2) is 31.0 Å². The van der Waals surface area contributed by atoms with E-state index in [2.05, 4.69) is 4.98 Å². The van der Waals surface area contributed by atoms with Gasteiger partial charge < -0.3 is 4.42 Å². The van der Waals surface area contributed by atoms with Gasteiger partial charge >= 0.3 is 0 Å². The van der Waals surface area contributed by atoms with Crippen LogP contribution in [0.5, 0.6) is 0 Å². The molecule has 0 saturated carbocycles. The maximum atomic E-state index is 11.3. The molecule has 0 radical (unpaired) electrons. The molecule has 0 amide bonds. The molecule has 114 valence electrons. The van der Waals surface area contributed by atoms with E-state index in [4.69, 9.17) is 4.42 Å². The molecule has 5 nitrogen and oxygen atoms in total. The summed E-state index contributed by atoms with van der Waals surface area (Å²) in [5.41, 5.74) is 1.41. The number of hydrogen-bond donors (Lipinski definition) is 0. The van der Waals surface area contributed by atoms with Crippen molar-refractivity contribution < 1.29 is 12.8 Å². The molecular weight excluding hydrogens is 276 g/mol. The lowest BCUT2D eigenvalue weighted by molar-refractivity contribution is 0.469. The van der Waals surface area contributed by atoms with Gasteiger partial charge in [-0.15, -0.1) is 0 Å². The average Bonchev–Trinajstić information content (AvgIpc) is 2.91. The zero-order valence-corrected chi connectivity index (χ0v) is 13.9. The highest BCUT2D eigenvalue weighted by molar-refractivity contribution is 7.88. The first kappa shape index (κ1) is 18.6. The normalized spacial score (nSPS) is 10.6. The minimum Gasteiger partial charge on any atom is -0.464 e. The molecule has 0 aliphatic carbocycles. The number of fused-ring (bicyclic) bond motifs is 1. The second-order valence-corrected chi connectivity index (χ2v) is 5.70. The van der Waals surface area contributed by atoms with Gasteiger partial charge in [-0.25, -0.2) is 8.42 Å². The maximum Gasteiger partial charge on any atom is 0.211 e. The number of sulfonamides is 1. The first-order valence-electron chi connectivity index (χ1n) is 6.71. The maximum absolute atomic E-state index is 11.3. The predicted molar refractivity (Wildman–Crippen MR) is 83.0 cm³/mol. The summed E-state index contributed by atoms with van der Waals surface area (Å²) in [6, 6.07) is 3.53. The molecule has 2 aromatic rings. The summed E-state index contributed by atoms with van der Waals surface area (Å²) in [6.07, 6.45) is 4.34. The van der Waals surface area contributed by atoms with Crippen molar-refractivity contribution in [2.75, 3.05) is 13.3 Å². The highest BCUT2D eigenvalue weighted by Crippen LogP contribution is 2.19. The molecule has 2 heterocycles. The third kappa shape index (κ3) is 4.94. The van der Waals surface area contributed by atoms with Gasteiger partial charge in [0, 0.05) is 18.6 Å². The fraction of sp³-hybridized carbons (Fsp3) is 0.500. The van der Waals surface area contributed by atoms with E-state index < -0.39 is 10.0 Å². The molecule has 0 aliphatic heterocycles. The van der Waals surface area contributed by atoms with Gasteiger partial charge in [0.05, 0.1) is 24.8 Å². The van der Waals surface area contributed by atoms with E-state index in [-0.39, 0.29) is 6.54 Å². The number of furan rings is 1. The Morgan fingerprint density at radius 3 is 2.35 bits per heavy atom. The lowest BCUT2D eigenvalue weighted by Gasteiger charge is -2.13. The van der Waals surface area contributed by atoms with Crippen LogP contribution >= 0.6 is 0 Å². The van der Waals surface area contributed by atoms with Crippen molar-refractivity contribution in [3.05, 3.63) is 30.3 Å². The highest BCUT2D eigenvalue weighted by atomic mass is 32.2. The molecule has 2 rings (SSSR count). The predicted octanol–water partition coefficient (Wildman–Crippen LogP) is 3.27. The van der Waals surface area contributed by atoms with E-state index in [0.29, 0.717) is 11.3 Å². The van der Waals surface area contributed by atoms with Crippen LogP contribution in [0.25, 0.3) is 11.0 Å². The number of rotatable bonds is 3. The van der Waals surface area contributed by atoms with Gasteiger partial charge in [-0.2, -0.15) is 4.31 Å². The minimum absolute atomic E-state index is 0.246. The quantitative estimate of drug-likeness (QED) is 0.872. The Balaban J connectivity index is 0.000000829. The summed E-state index contributed by atoms with van der Waals surface area (Å²) < 4.78 is 29.0. The Kier molecular flexibility index (Phi) is 8.10. The van der Waals surface area contributed by atoms with Crippen molar-refractivity contribution in [1.29, 1.82) is 0 Å². The molecule has 0 atom stereocenters. The van der Waals surface area contributed by atoms with Crippen LogP contribution < -0.4 is 0 Å². The van der Waals surface area contributed by atoms with E-state index in [1.807, 2.05) is 27.7 Å². The topological polar surface area (TPSA) is 63.4 Å². The third-order valence-corrected chi connectivity index (χ3v) is 3.66.